The van der Waals surface area contributed by atoms with Crippen LogP contribution in [0.2, 0.25) is 0 Å². The topological polar surface area (TPSA) is 84.3 Å². The summed E-state index contributed by atoms with van der Waals surface area (Å²) in [5.74, 6) is -4.18. The Bertz CT molecular complexity index is 621. The Hall–Kier alpha value is -1.87. The third-order valence-electron chi connectivity index (χ3n) is 2.36. The van der Waals surface area contributed by atoms with Crippen LogP contribution in [-0.4, -0.2) is 27.4 Å². The first-order valence-corrected chi connectivity index (χ1v) is 4.78. The van der Waals surface area contributed by atoms with E-state index in [0.717, 1.165) is 0 Å². The average molecular weight is 264 g/mol. The third-order valence-corrected chi connectivity index (χ3v) is 2.36. The van der Waals surface area contributed by atoms with Crippen LogP contribution in [0.15, 0.2) is 27.4 Å². The Kier molecular flexibility index (Phi) is 3.09. The van der Waals surface area contributed by atoms with E-state index >= 15 is 0 Å². The summed E-state index contributed by atoms with van der Waals surface area (Å²) in [7, 11) is 0. The van der Waals surface area contributed by atoms with Gasteiger partial charge in [-0.3, -0.25) is 14.3 Å². The molecule has 2 N–H and O–H groups in total. The smallest absolute Gasteiger partial charge is 0.330 e. The summed E-state index contributed by atoms with van der Waals surface area (Å²) < 4.78 is 44.6. The summed E-state index contributed by atoms with van der Waals surface area (Å²) in [5.41, 5.74) is -2.44. The number of nitrogens with one attached hydrogen (secondary N) is 1. The lowest BCUT2D eigenvalue weighted by atomic mass is 10.3. The highest BCUT2D eigenvalue weighted by Gasteiger charge is 2.37. The monoisotopic (exact) mass is 264 g/mol. The second-order valence-corrected chi connectivity index (χ2v) is 3.50. The van der Waals surface area contributed by atoms with Crippen LogP contribution in [0.1, 0.15) is 6.23 Å². The van der Waals surface area contributed by atoms with Crippen molar-refractivity contribution in [1.29, 1.82) is 0 Å². The molecular formula is C9H7F3N2O4. The van der Waals surface area contributed by atoms with Gasteiger partial charge in [-0.15, -0.1) is 0 Å². The molecule has 18 heavy (non-hydrogen) atoms. The Balaban J connectivity index is 2.50. The van der Waals surface area contributed by atoms with E-state index in [4.69, 9.17) is 9.84 Å². The fourth-order valence-electron chi connectivity index (χ4n) is 1.49. The van der Waals surface area contributed by atoms with Gasteiger partial charge in [0.05, 0.1) is 12.8 Å². The zero-order chi connectivity index (χ0) is 13.4. The van der Waals surface area contributed by atoms with Crippen LogP contribution in [0.5, 0.6) is 0 Å². The average Bonchev–Trinajstić information content (AvgIpc) is 2.61. The number of rotatable bonds is 2. The van der Waals surface area contributed by atoms with Crippen molar-refractivity contribution in [3.8, 4) is 0 Å². The van der Waals surface area contributed by atoms with Gasteiger partial charge >= 0.3 is 5.69 Å². The first kappa shape index (κ1) is 12.6. The van der Waals surface area contributed by atoms with Crippen molar-refractivity contribution in [3.63, 3.8) is 0 Å². The molecule has 0 bridgehead atoms. The van der Waals surface area contributed by atoms with Crippen LogP contribution in [-0.2, 0) is 4.74 Å². The molecule has 0 unspecified atom stereocenters. The van der Waals surface area contributed by atoms with Crippen molar-refractivity contribution in [2.24, 2.45) is 0 Å². The fourth-order valence-corrected chi connectivity index (χ4v) is 1.49. The predicted octanol–water partition coefficient (Wildman–Crippen LogP) is -0.284. The molecule has 1 aromatic rings. The van der Waals surface area contributed by atoms with E-state index in [1.807, 2.05) is 0 Å². The Morgan fingerprint density at radius 3 is 2.56 bits per heavy atom. The van der Waals surface area contributed by atoms with E-state index in [0.29, 0.717) is 10.8 Å². The van der Waals surface area contributed by atoms with Crippen molar-refractivity contribution >= 4 is 0 Å². The Labute approximate surface area is 96.9 Å². The number of nitrogens with zero attached hydrogens (tertiary/aromatic N) is 1. The van der Waals surface area contributed by atoms with Crippen LogP contribution in [0, 0.1) is 5.82 Å². The predicted molar refractivity (Wildman–Crippen MR) is 51.5 cm³/mol. The molecule has 0 saturated heterocycles. The lowest BCUT2D eigenvalue weighted by Gasteiger charge is -2.14. The lowest BCUT2D eigenvalue weighted by molar-refractivity contribution is -0.0291. The number of aromatic nitrogens is 2. The van der Waals surface area contributed by atoms with E-state index in [1.54, 1.807) is 4.98 Å². The van der Waals surface area contributed by atoms with Gasteiger partial charge in [-0.25, -0.2) is 13.6 Å². The molecule has 6 nitrogen and oxygen atoms in total. The highest BCUT2D eigenvalue weighted by molar-refractivity contribution is 5.15. The van der Waals surface area contributed by atoms with Crippen molar-refractivity contribution in [2.75, 3.05) is 6.61 Å². The van der Waals surface area contributed by atoms with Gasteiger partial charge in [0, 0.05) is 0 Å². The highest BCUT2D eigenvalue weighted by Crippen LogP contribution is 2.34. The van der Waals surface area contributed by atoms with Gasteiger partial charge in [-0.2, -0.15) is 4.39 Å². The number of aromatic amines is 1. The molecule has 0 fully saturated rings. The van der Waals surface area contributed by atoms with Crippen LogP contribution in [0.3, 0.4) is 0 Å². The molecule has 1 aliphatic rings. The quantitative estimate of drug-likeness (QED) is 0.769. The molecule has 0 aromatic carbocycles. The normalized spacial score (nSPS) is 23.8. The Morgan fingerprint density at radius 2 is 2.00 bits per heavy atom. The summed E-state index contributed by atoms with van der Waals surface area (Å²) in [6, 6.07) is 0. The largest absolute Gasteiger partial charge is 0.393 e. The molecule has 0 aliphatic carbocycles. The standard InChI is InChI=1S/C9H7F3N2O4/c10-3-1-14(9(17)13-7(3)16)8-6(12)5(11)4(2-15)18-8/h1,4,8,15H,2H2,(H,13,16,17)/t4-,8-/m1/s1. The number of ether oxygens (including phenoxy) is 1. The van der Waals surface area contributed by atoms with E-state index in [-0.39, 0.29) is 0 Å². The summed E-state index contributed by atoms with van der Waals surface area (Å²) in [6.07, 6.45) is -3.00. The van der Waals surface area contributed by atoms with Crippen LogP contribution in [0.25, 0.3) is 0 Å². The minimum atomic E-state index is -1.85. The molecule has 98 valence electrons. The first-order valence-electron chi connectivity index (χ1n) is 4.78. The van der Waals surface area contributed by atoms with Gasteiger partial charge in [-0.1, -0.05) is 0 Å². The van der Waals surface area contributed by atoms with Crippen LogP contribution < -0.4 is 11.2 Å². The molecule has 0 spiro atoms. The van der Waals surface area contributed by atoms with Crippen molar-refractivity contribution in [3.05, 3.63) is 44.5 Å². The second kappa shape index (κ2) is 4.42. The van der Waals surface area contributed by atoms with Crippen LogP contribution in [0.4, 0.5) is 13.2 Å². The SMILES string of the molecule is O=c1[nH]c(=O)n([C@@H]2O[C@H](CO)C(F)=C2F)cc1F. The number of aliphatic hydroxyl groups excluding tert-OH is 1. The van der Waals surface area contributed by atoms with Gasteiger partial charge in [-0.05, 0) is 0 Å². The molecular weight excluding hydrogens is 257 g/mol. The molecule has 1 aromatic heterocycles. The van der Waals surface area contributed by atoms with Crippen molar-refractivity contribution < 1.29 is 23.0 Å². The summed E-state index contributed by atoms with van der Waals surface area (Å²) in [6.45, 7) is -0.837. The Morgan fingerprint density at radius 1 is 1.33 bits per heavy atom. The molecule has 2 atom stereocenters. The number of H-pyrrole nitrogens is 1. The molecule has 9 heteroatoms. The first-order chi connectivity index (χ1) is 8.45. The van der Waals surface area contributed by atoms with E-state index in [1.165, 1.54) is 0 Å². The summed E-state index contributed by atoms with van der Waals surface area (Å²) in [5, 5.41) is 8.70. The number of hydrogen-bond acceptors (Lipinski definition) is 4. The van der Waals surface area contributed by atoms with E-state index < -0.39 is 47.7 Å². The van der Waals surface area contributed by atoms with Crippen LogP contribution >= 0.6 is 0 Å². The molecule has 2 heterocycles. The fraction of sp³-hybridized carbons (Fsp3) is 0.333. The maximum atomic E-state index is 13.4. The number of halogens is 3. The molecule has 0 saturated carbocycles. The lowest BCUT2D eigenvalue weighted by Crippen LogP contribution is -2.34. The summed E-state index contributed by atoms with van der Waals surface area (Å²) >= 11 is 0. The highest BCUT2D eigenvalue weighted by atomic mass is 19.2. The molecule has 0 amide bonds. The maximum absolute atomic E-state index is 13.4. The van der Waals surface area contributed by atoms with Crippen molar-refractivity contribution in [1.82, 2.24) is 9.55 Å². The molecule has 0 radical (unpaired) electrons. The van der Waals surface area contributed by atoms with E-state index in [2.05, 4.69) is 0 Å². The molecule has 2 rings (SSSR count). The van der Waals surface area contributed by atoms with Gasteiger partial charge in [0.25, 0.3) is 5.56 Å². The zero-order valence-electron chi connectivity index (χ0n) is 8.69. The van der Waals surface area contributed by atoms with Gasteiger partial charge < -0.3 is 9.84 Å². The minimum absolute atomic E-state index is 0.349. The zero-order valence-corrected chi connectivity index (χ0v) is 8.69. The van der Waals surface area contributed by atoms with E-state index in [9.17, 15) is 22.8 Å². The van der Waals surface area contributed by atoms with Crippen molar-refractivity contribution in [2.45, 2.75) is 12.3 Å². The maximum Gasteiger partial charge on any atom is 0.330 e. The minimum Gasteiger partial charge on any atom is -0.393 e. The van der Waals surface area contributed by atoms with Gasteiger partial charge in [0.15, 0.2) is 17.9 Å². The third kappa shape index (κ3) is 1.87. The second-order valence-electron chi connectivity index (χ2n) is 3.50. The number of hydrogen-bond donors (Lipinski definition) is 2. The van der Waals surface area contributed by atoms with Gasteiger partial charge in [0.1, 0.15) is 6.10 Å². The molecule has 1 aliphatic heterocycles. The number of aliphatic hydroxyl groups is 1. The van der Waals surface area contributed by atoms with Gasteiger partial charge in [0.2, 0.25) is 5.82 Å². The summed E-state index contributed by atoms with van der Waals surface area (Å²) in [4.78, 5) is 23.7.